The van der Waals surface area contributed by atoms with Gasteiger partial charge in [-0.15, -0.1) is 0 Å². The second-order valence-corrected chi connectivity index (χ2v) is 6.47. The van der Waals surface area contributed by atoms with Crippen molar-refractivity contribution >= 4 is 11.6 Å². The highest BCUT2D eigenvalue weighted by atomic mass is 35.5. The van der Waals surface area contributed by atoms with Gasteiger partial charge in [-0.2, -0.15) is 5.26 Å². The molecule has 0 saturated heterocycles. The Morgan fingerprint density at radius 1 is 1.20 bits per heavy atom. The molecule has 1 aliphatic rings. The van der Waals surface area contributed by atoms with Crippen molar-refractivity contribution in [2.45, 2.75) is 64.2 Å². The van der Waals surface area contributed by atoms with Crippen molar-refractivity contribution in [2.75, 3.05) is 0 Å². The fourth-order valence-corrected chi connectivity index (χ4v) is 3.57. The van der Waals surface area contributed by atoms with Crippen LogP contribution in [0.25, 0.3) is 0 Å². The maximum Gasteiger partial charge on any atom is 0.101 e. The van der Waals surface area contributed by atoms with Crippen LogP contribution in [0.3, 0.4) is 0 Å². The van der Waals surface area contributed by atoms with E-state index >= 15 is 0 Å². The summed E-state index contributed by atoms with van der Waals surface area (Å²) in [5.41, 5.74) is 1.91. The first-order valence-corrected chi connectivity index (χ1v) is 8.32. The standard InChI is InChI=1S/C18H24ClN/c1-2-3-4-5-14-6-8-15(9-7-14)16-10-11-17(13-20)18(19)12-16/h10-12,14-15H,2-9H2,1H3/t14-,15-. The van der Waals surface area contributed by atoms with E-state index in [2.05, 4.69) is 19.1 Å². The molecule has 0 amide bonds. The Hall–Kier alpha value is -1.00. The molecule has 1 aromatic rings. The normalized spacial score (nSPS) is 22.4. The fourth-order valence-electron chi connectivity index (χ4n) is 3.34. The predicted molar refractivity (Wildman–Crippen MR) is 85.0 cm³/mol. The lowest BCUT2D eigenvalue weighted by atomic mass is 9.77. The molecular weight excluding hydrogens is 266 g/mol. The van der Waals surface area contributed by atoms with Crippen LogP contribution in [0.1, 0.15) is 75.3 Å². The lowest BCUT2D eigenvalue weighted by molar-refractivity contribution is 0.303. The van der Waals surface area contributed by atoms with Crippen molar-refractivity contribution in [3.63, 3.8) is 0 Å². The van der Waals surface area contributed by atoms with Crippen molar-refractivity contribution in [2.24, 2.45) is 5.92 Å². The Balaban J connectivity index is 1.87. The zero-order valence-electron chi connectivity index (χ0n) is 12.4. The number of hydrogen-bond acceptors (Lipinski definition) is 1. The van der Waals surface area contributed by atoms with Crippen molar-refractivity contribution in [1.82, 2.24) is 0 Å². The molecule has 0 aromatic heterocycles. The highest BCUT2D eigenvalue weighted by Crippen LogP contribution is 2.38. The molecular formula is C18H24ClN. The van der Waals surface area contributed by atoms with Gasteiger partial charge in [-0.05, 0) is 55.2 Å². The molecule has 1 saturated carbocycles. The lowest BCUT2D eigenvalue weighted by Gasteiger charge is -2.29. The number of unbranched alkanes of at least 4 members (excludes halogenated alkanes) is 2. The van der Waals surface area contributed by atoms with Gasteiger partial charge in [0.25, 0.3) is 0 Å². The van der Waals surface area contributed by atoms with Gasteiger partial charge in [-0.3, -0.25) is 0 Å². The minimum absolute atomic E-state index is 0.587. The number of halogens is 1. The second-order valence-electron chi connectivity index (χ2n) is 6.06. The Morgan fingerprint density at radius 2 is 1.95 bits per heavy atom. The molecule has 1 aliphatic carbocycles. The molecule has 2 heteroatoms. The van der Waals surface area contributed by atoms with Crippen LogP contribution in [0.5, 0.6) is 0 Å². The number of hydrogen-bond donors (Lipinski definition) is 0. The number of nitriles is 1. The van der Waals surface area contributed by atoms with Crippen molar-refractivity contribution < 1.29 is 0 Å². The quantitative estimate of drug-likeness (QED) is 0.604. The van der Waals surface area contributed by atoms with Crippen LogP contribution in [0, 0.1) is 17.2 Å². The van der Waals surface area contributed by atoms with Crippen LogP contribution < -0.4 is 0 Å². The van der Waals surface area contributed by atoms with E-state index in [0.29, 0.717) is 16.5 Å². The fraction of sp³-hybridized carbons (Fsp3) is 0.611. The summed E-state index contributed by atoms with van der Waals surface area (Å²) >= 11 is 6.14. The average molecular weight is 290 g/mol. The molecule has 0 spiro atoms. The van der Waals surface area contributed by atoms with E-state index in [1.54, 1.807) is 0 Å². The third kappa shape index (κ3) is 4.00. The highest BCUT2D eigenvalue weighted by molar-refractivity contribution is 6.31. The summed E-state index contributed by atoms with van der Waals surface area (Å²) in [5, 5.41) is 9.53. The average Bonchev–Trinajstić information content (AvgIpc) is 2.48. The van der Waals surface area contributed by atoms with Gasteiger partial charge in [0.15, 0.2) is 0 Å². The van der Waals surface area contributed by atoms with Crippen LogP contribution in [0.15, 0.2) is 18.2 Å². The predicted octanol–water partition coefficient (Wildman–Crippen LogP) is 6.07. The second kappa shape index (κ2) is 7.70. The van der Waals surface area contributed by atoms with Crippen LogP contribution in [-0.2, 0) is 0 Å². The Bertz CT molecular complexity index is 467. The van der Waals surface area contributed by atoms with E-state index < -0.39 is 0 Å². The molecule has 0 N–H and O–H groups in total. The molecule has 20 heavy (non-hydrogen) atoms. The molecule has 108 valence electrons. The van der Waals surface area contributed by atoms with Gasteiger partial charge in [0, 0.05) is 0 Å². The Labute approximate surface area is 128 Å². The van der Waals surface area contributed by atoms with Crippen LogP contribution >= 0.6 is 11.6 Å². The smallest absolute Gasteiger partial charge is 0.101 e. The first-order chi connectivity index (χ1) is 9.74. The maximum atomic E-state index is 8.92. The monoisotopic (exact) mass is 289 g/mol. The van der Waals surface area contributed by atoms with Crippen LogP contribution in [-0.4, -0.2) is 0 Å². The molecule has 1 aromatic carbocycles. The molecule has 2 rings (SSSR count). The third-order valence-electron chi connectivity index (χ3n) is 4.65. The maximum absolute atomic E-state index is 8.92. The van der Waals surface area contributed by atoms with E-state index in [1.807, 2.05) is 12.1 Å². The first kappa shape index (κ1) is 15.4. The van der Waals surface area contributed by atoms with Crippen molar-refractivity contribution in [3.05, 3.63) is 34.3 Å². The van der Waals surface area contributed by atoms with Gasteiger partial charge >= 0.3 is 0 Å². The van der Waals surface area contributed by atoms with E-state index in [-0.39, 0.29) is 0 Å². The van der Waals surface area contributed by atoms with Crippen molar-refractivity contribution in [1.29, 1.82) is 5.26 Å². The largest absolute Gasteiger partial charge is 0.192 e. The van der Waals surface area contributed by atoms with Gasteiger partial charge in [0.1, 0.15) is 6.07 Å². The summed E-state index contributed by atoms with van der Waals surface area (Å²) < 4.78 is 0. The molecule has 0 heterocycles. The molecule has 0 aliphatic heterocycles. The lowest BCUT2D eigenvalue weighted by Crippen LogP contribution is -2.13. The molecule has 1 fully saturated rings. The van der Waals surface area contributed by atoms with Gasteiger partial charge in [0.05, 0.1) is 10.6 Å². The summed E-state index contributed by atoms with van der Waals surface area (Å²) in [6.45, 7) is 2.27. The Morgan fingerprint density at radius 3 is 2.55 bits per heavy atom. The van der Waals surface area contributed by atoms with E-state index in [0.717, 1.165) is 5.92 Å². The molecule has 0 atom stereocenters. The SMILES string of the molecule is CCCCC[C@H]1CC[C@H](c2ccc(C#N)c(Cl)c2)CC1. The minimum Gasteiger partial charge on any atom is -0.192 e. The minimum atomic E-state index is 0.587. The van der Waals surface area contributed by atoms with E-state index in [9.17, 15) is 0 Å². The number of nitrogens with zero attached hydrogens (tertiary/aromatic N) is 1. The van der Waals surface area contributed by atoms with Gasteiger partial charge in [-0.1, -0.05) is 50.3 Å². The van der Waals surface area contributed by atoms with Gasteiger partial charge in [0.2, 0.25) is 0 Å². The summed E-state index contributed by atoms with van der Waals surface area (Å²) in [4.78, 5) is 0. The molecule has 0 radical (unpaired) electrons. The Kier molecular flexibility index (Phi) is 5.92. The van der Waals surface area contributed by atoms with Gasteiger partial charge in [-0.25, -0.2) is 0 Å². The van der Waals surface area contributed by atoms with E-state index in [1.165, 1.54) is 56.9 Å². The summed E-state index contributed by atoms with van der Waals surface area (Å²) in [6, 6.07) is 8.09. The summed E-state index contributed by atoms with van der Waals surface area (Å²) in [5.74, 6) is 1.58. The van der Waals surface area contributed by atoms with Crippen LogP contribution in [0.2, 0.25) is 5.02 Å². The number of rotatable bonds is 5. The number of benzene rings is 1. The van der Waals surface area contributed by atoms with Gasteiger partial charge < -0.3 is 0 Å². The summed E-state index contributed by atoms with van der Waals surface area (Å²) in [6.07, 6.45) is 10.8. The third-order valence-corrected chi connectivity index (χ3v) is 4.96. The topological polar surface area (TPSA) is 23.8 Å². The molecule has 0 unspecified atom stereocenters. The molecule has 1 nitrogen and oxygen atoms in total. The van der Waals surface area contributed by atoms with Crippen LogP contribution in [0.4, 0.5) is 0 Å². The summed E-state index contributed by atoms with van der Waals surface area (Å²) in [7, 11) is 0. The highest BCUT2D eigenvalue weighted by Gasteiger charge is 2.22. The molecule has 0 bridgehead atoms. The first-order valence-electron chi connectivity index (χ1n) is 7.94. The van der Waals surface area contributed by atoms with E-state index in [4.69, 9.17) is 16.9 Å². The van der Waals surface area contributed by atoms with Crippen molar-refractivity contribution in [3.8, 4) is 6.07 Å². The zero-order chi connectivity index (χ0) is 14.4. The zero-order valence-corrected chi connectivity index (χ0v) is 13.1.